The molecule has 0 radical (unpaired) electrons. The van der Waals surface area contributed by atoms with Crippen LogP contribution < -0.4 is 10.9 Å². The summed E-state index contributed by atoms with van der Waals surface area (Å²) >= 11 is 10.5. The van der Waals surface area contributed by atoms with Gasteiger partial charge in [-0.05, 0) is 64.5 Å². The van der Waals surface area contributed by atoms with Crippen LogP contribution in [-0.4, -0.2) is 16.8 Å². The van der Waals surface area contributed by atoms with Crippen molar-refractivity contribution in [2.75, 3.05) is 0 Å². The third-order valence-electron chi connectivity index (χ3n) is 3.44. The zero-order valence-corrected chi connectivity index (χ0v) is 16.9. The molecule has 0 saturated heterocycles. The highest BCUT2D eigenvalue weighted by molar-refractivity contribution is 9.10. The number of nitrogens with one attached hydrogen (secondary N) is 2. The summed E-state index contributed by atoms with van der Waals surface area (Å²) in [7, 11) is 0. The lowest BCUT2D eigenvalue weighted by Gasteiger charge is -2.11. The van der Waals surface area contributed by atoms with Gasteiger partial charge in [0.1, 0.15) is 5.03 Å². The second-order valence-electron chi connectivity index (χ2n) is 5.33. The van der Waals surface area contributed by atoms with Crippen LogP contribution >= 0.6 is 39.3 Å². The van der Waals surface area contributed by atoms with Gasteiger partial charge in [0.05, 0.1) is 5.56 Å². The Kier molecular flexibility index (Phi) is 6.49. The molecule has 5 nitrogen and oxygen atoms in total. The van der Waals surface area contributed by atoms with Crippen molar-refractivity contribution in [2.24, 2.45) is 0 Å². The highest BCUT2D eigenvalue weighted by Crippen LogP contribution is 2.29. The molecule has 0 bridgehead atoms. The van der Waals surface area contributed by atoms with Crippen molar-refractivity contribution in [3.8, 4) is 0 Å². The van der Waals surface area contributed by atoms with E-state index < -0.39 is 11.8 Å². The lowest BCUT2D eigenvalue weighted by atomic mass is 10.2. The van der Waals surface area contributed by atoms with Crippen LogP contribution in [0.2, 0.25) is 5.02 Å². The van der Waals surface area contributed by atoms with E-state index >= 15 is 0 Å². The fraction of sp³-hybridized carbons (Fsp3) is 0. The number of carbonyl (C=O) groups excluding carboxylic acids is 2. The smallest absolute Gasteiger partial charge is 0.267 e. The van der Waals surface area contributed by atoms with Crippen LogP contribution in [0.15, 0.2) is 81.3 Å². The summed E-state index contributed by atoms with van der Waals surface area (Å²) in [6, 6.07) is 17.2. The van der Waals surface area contributed by atoms with Crippen molar-refractivity contribution in [2.45, 2.75) is 9.92 Å². The van der Waals surface area contributed by atoms with E-state index in [1.807, 2.05) is 24.3 Å². The summed E-state index contributed by atoms with van der Waals surface area (Å²) in [5.74, 6) is -0.850. The Hall–Kier alpha value is -2.35. The Balaban J connectivity index is 1.68. The summed E-state index contributed by atoms with van der Waals surface area (Å²) in [5, 5.41) is 1.28. The van der Waals surface area contributed by atoms with Crippen molar-refractivity contribution < 1.29 is 9.59 Å². The number of nitrogens with zero attached hydrogens (tertiary/aromatic N) is 1. The maximum atomic E-state index is 12.5. The Morgan fingerprint density at radius 1 is 0.926 bits per heavy atom. The molecule has 0 aliphatic carbocycles. The number of benzene rings is 2. The van der Waals surface area contributed by atoms with Gasteiger partial charge in [0, 0.05) is 26.2 Å². The molecule has 2 N–H and O–H groups in total. The van der Waals surface area contributed by atoms with E-state index in [2.05, 4.69) is 31.8 Å². The Bertz CT molecular complexity index is 965. The number of rotatable bonds is 4. The number of aromatic nitrogens is 1. The predicted octanol–water partition coefficient (Wildman–Crippen LogP) is 4.72. The number of pyridine rings is 1. The molecule has 3 rings (SSSR count). The molecule has 0 fully saturated rings. The first-order valence-electron chi connectivity index (χ1n) is 7.77. The third kappa shape index (κ3) is 5.32. The van der Waals surface area contributed by atoms with Gasteiger partial charge < -0.3 is 0 Å². The number of hydrazine groups is 1. The first kappa shape index (κ1) is 19.4. The van der Waals surface area contributed by atoms with Crippen molar-refractivity contribution in [3.63, 3.8) is 0 Å². The van der Waals surface area contributed by atoms with Crippen molar-refractivity contribution in [1.29, 1.82) is 0 Å². The summed E-state index contributed by atoms with van der Waals surface area (Å²) in [5.41, 5.74) is 5.66. The fourth-order valence-corrected chi connectivity index (χ4v) is 3.38. The topological polar surface area (TPSA) is 71.1 Å². The number of hydrogen-bond donors (Lipinski definition) is 2. The summed E-state index contributed by atoms with van der Waals surface area (Å²) < 4.78 is 0.878. The zero-order chi connectivity index (χ0) is 19.2. The molecule has 136 valence electrons. The van der Waals surface area contributed by atoms with Gasteiger partial charge in [0.2, 0.25) is 0 Å². The predicted molar refractivity (Wildman–Crippen MR) is 109 cm³/mol. The van der Waals surface area contributed by atoms with Crippen molar-refractivity contribution in [3.05, 3.63) is 87.5 Å². The Labute approximate surface area is 173 Å². The van der Waals surface area contributed by atoms with E-state index in [0.717, 1.165) is 14.4 Å². The SMILES string of the molecule is O=C(NNC(=O)c1ccccc1Sc1ccc(Br)cn1)c1ccc(Cl)cc1. The van der Waals surface area contributed by atoms with Gasteiger partial charge in [-0.1, -0.05) is 35.5 Å². The number of halogens is 2. The van der Waals surface area contributed by atoms with Crippen LogP contribution in [0.1, 0.15) is 20.7 Å². The lowest BCUT2D eigenvalue weighted by Crippen LogP contribution is -2.41. The number of amides is 2. The molecule has 0 atom stereocenters. The largest absolute Gasteiger partial charge is 0.270 e. The summed E-state index contributed by atoms with van der Waals surface area (Å²) in [6.07, 6.45) is 1.69. The lowest BCUT2D eigenvalue weighted by molar-refractivity contribution is 0.0845. The zero-order valence-electron chi connectivity index (χ0n) is 13.8. The van der Waals surface area contributed by atoms with Crippen LogP contribution in [0.25, 0.3) is 0 Å². The minimum absolute atomic E-state index is 0.390. The van der Waals surface area contributed by atoms with Crippen LogP contribution in [0.5, 0.6) is 0 Å². The first-order valence-corrected chi connectivity index (χ1v) is 9.76. The van der Waals surface area contributed by atoms with E-state index in [1.165, 1.54) is 11.8 Å². The average molecular weight is 463 g/mol. The summed E-state index contributed by atoms with van der Waals surface area (Å²) in [4.78, 5) is 29.6. The average Bonchev–Trinajstić information content (AvgIpc) is 2.68. The van der Waals surface area contributed by atoms with Gasteiger partial charge in [-0.3, -0.25) is 20.4 Å². The normalized spacial score (nSPS) is 10.3. The van der Waals surface area contributed by atoms with Gasteiger partial charge in [-0.25, -0.2) is 4.98 Å². The van der Waals surface area contributed by atoms with Gasteiger partial charge in [-0.15, -0.1) is 0 Å². The highest BCUT2D eigenvalue weighted by atomic mass is 79.9. The number of carbonyl (C=O) groups is 2. The van der Waals surface area contributed by atoms with E-state index in [1.54, 1.807) is 42.6 Å². The fourth-order valence-electron chi connectivity index (χ4n) is 2.13. The second kappa shape index (κ2) is 9.03. The highest BCUT2D eigenvalue weighted by Gasteiger charge is 2.14. The maximum Gasteiger partial charge on any atom is 0.270 e. The Morgan fingerprint density at radius 2 is 1.63 bits per heavy atom. The molecular weight excluding hydrogens is 450 g/mol. The van der Waals surface area contributed by atoms with E-state index in [0.29, 0.717) is 16.1 Å². The van der Waals surface area contributed by atoms with Gasteiger partial charge >= 0.3 is 0 Å². The maximum absolute atomic E-state index is 12.5. The quantitative estimate of drug-likeness (QED) is 0.550. The molecule has 0 saturated carbocycles. The van der Waals surface area contributed by atoms with Crippen LogP contribution in [0.3, 0.4) is 0 Å². The summed E-state index contributed by atoms with van der Waals surface area (Å²) in [6.45, 7) is 0. The first-order chi connectivity index (χ1) is 13.0. The van der Waals surface area contributed by atoms with Crippen LogP contribution in [0.4, 0.5) is 0 Å². The van der Waals surface area contributed by atoms with Crippen molar-refractivity contribution in [1.82, 2.24) is 15.8 Å². The molecule has 0 unspecified atom stereocenters. The molecule has 3 aromatic rings. The van der Waals surface area contributed by atoms with Gasteiger partial charge in [0.15, 0.2) is 0 Å². The van der Waals surface area contributed by atoms with Gasteiger partial charge in [-0.2, -0.15) is 0 Å². The van der Waals surface area contributed by atoms with E-state index in [4.69, 9.17) is 11.6 Å². The minimum atomic E-state index is -0.431. The molecule has 2 amide bonds. The Morgan fingerprint density at radius 3 is 2.33 bits per heavy atom. The molecular formula is C19H13BrClN3O2S. The minimum Gasteiger partial charge on any atom is -0.267 e. The van der Waals surface area contributed by atoms with Crippen LogP contribution in [-0.2, 0) is 0 Å². The van der Waals surface area contributed by atoms with E-state index in [-0.39, 0.29) is 0 Å². The van der Waals surface area contributed by atoms with Gasteiger partial charge in [0.25, 0.3) is 11.8 Å². The van der Waals surface area contributed by atoms with Crippen molar-refractivity contribution >= 4 is 51.1 Å². The number of hydrogen-bond acceptors (Lipinski definition) is 4. The molecule has 0 aliphatic rings. The third-order valence-corrected chi connectivity index (χ3v) is 5.19. The molecule has 1 heterocycles. The van der Waals surface area contributed by atoms with Crippen LogP contribution in [0, 0.1) is 0 Å². The molecule has 2 aromatic carbocycles. The standard InChI is InChI=1S/C19H13BrClN3O2S/c20-13-7-10-17(22-11-13)27-16-4-2-1-3-15(16)19(26)24-23-18(25)12-5-8-14(21)9-6-12/h1-11H,(H,23,25)(H,24,26). The molecule has 27 heavy (non-hydrogen) atoms. The molecule has 0 aliphatic heterocycles. The molecule has 1 aromatic heterocycles. The van der Waals surface area contributed by atoms with E-state index in [9.17, 15) is 9.59 Å². The molecule has 0 spiro atoms. The second-order valence-corrected chi connectivity index (χ2v) is 7.74. The molecule has 8 heteroatoms. The monoisotopic (exact) mass is 461 g/mol.